The zero-order valence-electron chi connectivity index (χ0n) is 13.0. The van der Waals surface area contributed by atoms with Crippen LogP contribution in [0.2, 0.25) is 0 Å². The number of nitrogens with zero attached hydrogens (tertiary/aromatic N) is 1. The first-order valence-corrected chi connectivity index (χ1v) is 7.14. The molecule has 1 heterocycles. The molecule has 0 aromatic carbocycles. The van der Waals surface area contributed by atoms with Crippen molar-refractivity contribution in [3.05, 3.63) is 23.9 Å². The summed E-state index contributed by atoms with van der Waals surface area (Å²) in [6.07, 6.45) is -0.533. The van der Waals surface area contributed by atoms with Gasteiger partial charge < -0.3 is 15.2 Å². The van der Waals surface area contributed by atoms with E-state index < -0.39 is 24.5 Å². The molecule has 7 heteroatoms. The van der Waals surface area contributed by atoms with Gasteiger partial charge in [0.05, 0.1) is 5.60 Å². The average Bonchev–Trinajstić information content (AvgIpc) is 2.50. The Hall–Kier alpha value is -1.76. The quantitative estimate of drug-likeness (QED) is 0.771. The van der Waals surface area contributed by atoms with Crippen LogP contribution in [0, 0.1) is 5.92 Å². The van der Waals surface area contributed by atoms with Crippen molar-refractivity contribution in [1.82, 2.24) is 10.3 Å². The number of hydrogen-bond acceptors (Lipinski definition) is 4. The van der Waals surface area contributed by atoms with Gasteiger partial charge in [-0.15, -0.1) is 0 Å². The first-order valence-electron chi connectivity index (χ1n) is 7.14. The van der Waals surface area contributed by atoms with Gasteiger partial charge in [0, 0.05) is 12.7 Å². The first-order chi connectivity index (χ1) is 10.3. The van der Waals surface area contributed by atoms with Gasteiger partial charge in [0.15, 0.2) is 6.61 Å². The molecule has 2 N–H and O–H groups in total. The zero-order chi connectivity index (χ0) is 16.8. The highest BCUT2D eigenvalue weighted by atomic mass is 19.3. The van der Waals surface area contributed by atoms with Gasteiger partial charge in [0.1, 0.15) is 5.56 Å². The topological polar surface area (TPSA) is 71.5 Å². The SMILES string of the molecule is CCC(C)C(C)(O)CNC(=O)c1cccnc1OCC(F)F. The zero-order valence-corrected chi connectivity index (χ0v) is 13.0. The molecule has 1 aromatic heterocycles. The Kier molecular flexibility index (Phi) is 6.67. The van der Waals surface area contributed by atoms with E-state index in [0.29, 0.717) is 0 Å². The lowest BCUT2D eigenvalue weighted by molar-refractivity contribution is 0.00586. The number of halogens is 2. The number of aliphatic hydroxyl groups is 1. The molecule has 0 bridgehead atoms. The second-order valence-corrected chi connectivity index (χ2v) is 5.41. The number of alkyl halides is 2. The second kappa shape index (κ2) is 8.03. The van der Waals surface area contributed by atoms with Crippen molar-refractivity contribution in [2.24, 2.45) is 5.92 Å². The number of rotatable bonds is 8. The number of nitrogens with one attached hydrogen (secondary N) is 1. The van der Waals surface area contributed by atoms with E-state index in [9.17, 15) is 18.7 Å². The molecular formula is C15H22F2N2O3. The van der Waals surface area contributed by atoms with E-state index in [1.54, 1.807) is 6.92 Å². The van der Waals surface area contributed by atoms with Gasteiger partial charge in [-0.1, -0.05) is 20.3 Å². The van der Waals surface area contributed by atoms with Crippen molar-refractivity contribution in [3.8, 4) is 5.88 Å². The Labute approximate surface area is 128 Å². The highest BCUT2D eigenvalue weighted by molar-refractivity contribution is 5.96. The molecule has 0 radical (unpaired) electrons. The third-order valence-corrected chi connectivity index (χ3v) is 3.64. The van der Waals surface area contributed by atoms with Crippen LogP contribution in [0.25, 0.3) is 0 Å². The molecule has 22 heavy (non-hydrogen) atoms. The highest BCUT2D eigenvalue weighted by Crippen LogP contribution is 2.20. The predicted octanol–water partition coefficient (Wildman–Crippen LogP) is 2.25. The molecule has 0 aliphatic carbocycles. The molecular weight excluding hydrogens is 294 g/mol. The lowest BCUT2D eigenvalue weighted by atomic mass is 9.88. The van der Waals surface area contributed by atoms with Gasteiger partial charge >= 0.3 is 0 Å². The monoisotopic (exact) mass is 316 g/mol. The fourth-order valence-corrected chi connectivity index (χ4v) is 1.79. The molecule has 1 aromatic rings. The van der Waals surface area contributed by atoms with E-state index in [1.807, 2.05) is 13.8 Å². The standard InChI is InChI=1S/C15H22F2N2O3/c1-4-10(2)15(3,21)9-19-13(20)11-6-5-7-18-14(11)22-8-12(16)17/h5-7,10,12,21H,4,8-9H2,1-3H3,(H,19,20). The molecule has 5 nitrogen and oxygen atoms in total. The maximum absolute atomic E-state index is 12.2. The molecule has 1 amide bonds. The Balaban J connectivity index is 2.73. The highest BCUT2D eigenvalue weighted by Gasteiger charge is 2.28. The number of carbonyl (C=O) groups is 1. The minimum absolute atomic E-state index is 0.00347. The van der Waals surface area contributed by atoms with Gasteiger partial charge in [0.2, 0.25) is 5.88 Å². The molecule has 2 unspecified atom stereocenters. The lowest BCUT2D eigenvalue weighted by Gasteiger charge is -2.29. The van der Waals surface area contributed by atoms with E-state index in [2.05, 4.69) is 10.3 Å². The van der Waals surface area contributed by atoms with E-state index >= 15 is 0 Å². The van der Waals surface area contributed by atoms with E-state index in [-0.39, 0.29) is 23.9 Å². The summed E-state index contributed by atoms with van der Waals surface area (Å²) in [6, 6.07) is 2.94. The first kappa shape index (κ1) is 18.3. The smallest absolute Gasteiger partial charge is 0.272 e. The van der Waals surface area contributed by atoms with Crippen LogP contribution in [0.4, 0.5) is 8.78 Å². The number of pyridine rings is 1. The van der Waals surface area contributed by atoms with Crippen molar-refractivity contribution in [1.29, 1.82) is 0 Å². The average molecular weight is 316 g/mol. The summed E-state index contributed by atoms with van der Waals surface area (Å²) in [7, 11) is 0. The summed E-state index contributed by atoms with van der Waals surface area (Å²) < 4.78 is 29.2. The van der Waals surface area contributed by atoms with Crippen LogP contribution in [-0.4, -0.2) is 41.2 Å². The summed E-state index contributed by atoms with van der Waals surface area (Å²) in [5.41, 5.74) is -1.00. The van der Waals surface area contributed by atoms with Gasteiger partial charge in [-0.3, -0.25) is 4.79 Å². The molecule has 0 spiro atoms. The molecule has 0 saturated carbocycles. The largest absolute Gasteiger partial charge is 0.471 e. The molecule has 0 aliphatic rings. The number of aromatic nitrogens is 1. The Morgan fingerprint density at radius 2 is 2.23 bits per heavy atom. The summed E-state index contributed by atoms with van der Waals surface area (Å²) in [5, 5.41) is 12.8. The Bertz CT molecular complexity index is 495. The van der Waals surface area contributed by atoms with Gasteiger partial charge in [-0.25, -0.2) is 13.8 Å². The minimum Gasteiger partial charge on any atom is -0.471 e. The summed E-state index contributed by atoms with van der Waals surface area (Å²) in [5.74, 6) is -0.680. The number of carbonyl (C=O) groups excluding carboxylic acids is 1. The minimum atomic E-state index is -2.65. The lowest BCUT2D eigenvalue weighted by Crippen LogP contribution is -2.45. The third kappa shape index (κ3) is 5.22. The van der Waals surface area contributed by atoms with Crippen molar-refractivity contribution < 1.29 is 23.4 Å². The normalized spacial score (nSPS) is 15.2. The maximum Gasteiger partial charge on any atom is 0.272 e. The van der Waals surface area contributed by atoms with Crippen molar-refractivity contribution >= 4 is 5.91 Å². The van der Waals surface area contributed by atoms with Crippen LogP contribution >= 0.6 is 0 Å². The van der Waals surface area contributed by atoms with Crippen molar-refractivity contribution in [2.75, 3.05) is 13.2 Å². The van der Waals surface area contributed by atoms with E-state index in [1.165, 1.54) is 18.3 Å². The van der Waals surface area contributed by atoms with Crippen LogP contribution in [0.5, 0.6) is 5.88 Å². The van der Waals surface area contributed by atoms with Crippen LogP contribution < -0.4 is 10.1 Å². The van der Waals surface area contributed by atoms with E-state index in [0.717, 1.165) is 6.42 Å². The summed E-state index contributed by atoms with van der Waals surface area (Å²) in [6.45, 7) is 4.68. The molecule has 0 saturated heterocycles. The van der Waals surface area contributed by atoms with Crippen LogP contribution in [0.15, 0.2) is 18.3 Å². The Morgan fingerprint density at radius 1 is 1.55 bits per heavy atom. The second-order valence-electron chi connectivity index (χ2n) is 5.41. The van der Waals surface area contributed by atoms with Gasteiger partial charge in [-0.2, -0.15) is 0 Å². The fraction of sp³-hybridized carbons (Fsp3) is 0.600. The van der Waals surface area contributed by atoms with Gasteiger partial charge in [-0.05, 0) is 25.0 Å². The van der Waals surface area contributed by atoms with E-state index in [4.69, 9.17) is 4.74 Å². The molecule has 124 valence electrons. The molecule has 0 aliphatic heterocycles. The van der Waals surface area contributed by atoms with Crippen LogP contribution in [0.1, 0.15) is 37.6 Å². The van der Waals surface area contributed by atoms with Crippen LogP contribution in [0.3, 0.4) is 0 Å². The fourth-order valence-electron chi connectivity index (χ4n) is 1.79. The number of ether oxygens (including phenoxy) is 1. The summed E-state index contributed by atoms with van der Waals surface area (Å²) in [4.78, 5) is 15.9. The van der Waals surface area contributed by atoms with Crippen LogP contribution in [-0.2, 0) is 0 Å². The molecule has 1 rings (SSSR count). The number of amides is 1. The maximum atomic E-state index is 12.2. The molecule has 0 fully saturated rings. The number of hydrogen-bond donors (Lipinski definition) is 2. The summed E-state index contributed by atoms with van der Waals surface area (Å²) >= 11 is 0. The predicted molar refractivity (Wildman–Crippen MR) is 78.1 cm³/mol. The third-order valence-electron chi connectivity index (χ3n) is 3.64. The van der Waals surface area contributed by atoms with Gasteiger partial charge in [0.25, 0.3) is 12.3 Å². The Morgan fingerprint density at radius 3 is 2.82 bits per heavy atom. The molecule has 2 atom stereocenters. The van der Waals surface area contributed by atoms with Crippen molar-refractivity contribution in [2.45, 2.75) is 39.2 Å². The van der Waals surface area contributed by atoms with Crippen molar-refractivity contribution in [3.63, 3.8) is 0 Å².